The van der Waals surface area contributed by atoms with E-state index in [0.717, 1.165) is 23.4 Å². The third kappa shape index (κ3) is 7.47. The van der Waals surface area contributed by atoms with Gasteiger partial charge in [-0.1, -0.05) is 12.1 Å². The molecule has 2 aliphatic heterocycles. The van der Waals surface area contributed by atoms with E-state index in [2.05, 4.69) is 15.5 Å². The Bertz CT molecular complexity index is 1460. The lowest BCUT2D eigenvalue weighted by atomic mass is 10.1. The van der Waals surface area contributed by atoms with Crippen LogP contribution in [0.15, 0.2) is 60.7 Å². The summed E-state index contributed by atoms with van der Waals surface area (Å²) in [5.41, 5.74) is 2.14. The molecule has 0 aromatic heterocycles. The number of halogens is 2. The molecule has 0 aliphatic carbocycles. The summed E-state index contributed by atoms with van der Waals surface area (Å²) in [5.74, 6) is -1.83. The van der Waals surface area contributed by atoms with E-state index in [1.165, 1.54) is 0 Å². The Morgan fingerprint density at radius 3 is 2.23 bits per heavy atom. The van der Waals surface area contributed by atoms with E-state index in [-0.39, 0.29) is 23.8 Å². The van der Waals surface area contributed by atoms with Crippen molar-refractivity contribution in [1.29, 1.82) is 0 Å². The van der Waals surface area contributed by atoms with E-state index in [9.17, 15) is 23.2 Å². The van der Waals surface area contributed by atoms with Gasteiger partial charge in [0.05, 0.1) is 24.9 Å². The molecular formula is C32H35F2N5O4. The number of piperazine rings is 1. The molecule has 0 bridgehead atoms. The molecule has 2 aliphatic rings. The largest absolute Gasteiger partial charge is 0.497 e. The summed E-state index contributed by atoms with van der Waals surface area (Å²) in [7, 11) is 1.60. The first kappa shape index (κ1) is 30.0. The second-order valence-corrected chi connectivity index (χ2v) is 10.6. The molecule has 0 atom stereocenters. The summed E-state index contributed by atoms with van der Waals surface area (Å²) in [6.45, 7) is 4.68. The second-order valence-electron chi connectivity index (χ2n) is 10.6. The van der Waals surface area contributed by atoms with Crippen LogP contribution in [0, 0.1) is 11.6 Å². The van der Waals surface area contributed by atoms with Crippen molar-refractivity contribution < 1.29 is 27.9 Å². The average molecular weight is 592 g/mol. The zero-order valence-corrected chi connectivity index (χ0v) is 24.1. The lowest BCUT2D eigenvalue weighted by Gasteiger charge is -2.29. The third-order valence-corrected chi connectivity index (χ3v) is 7.72. The van der Waals surface area contributed by atoms with Crippen molar-refractivity contribution in [3.05, 3.63) is 89.0 Å². The highest BCUT2D eigenvalue weighted by atomic mass is 19.1. The minimum atomic E-state index is -0.861. The molecule has 9 nitrogen and oxygen atoms in total. The number of hydrogen-bond acceptors (Lipinski definition) is 6. The van der Waals surface area contributed by atoms with Crippen LogP contribution in [-0.2, 0) is 11.2 Å². The van der Waals surface area contributed by atoms with Crippen molar-refractivity contribution in [1.82, 2.24) is 15.1 Å². The number of hydrogen-bond donors (Lipinski definition) is 2. The van der Waals surface area contributed by atoms with Gasteiger partial charge in [0.1, 0.15) is 17.4 Å². The molecule has 2 fully saturated rings. The molecule has 2 heterocycles. The van der Waals surface area contributed by atoms with Gasteiger partial charge in [0.15, 0.2) is 0 Å². The van der Waals surface area contributed by atoms with Gasteiger partial charge in [-0.25, -0.2) is 8.78 Å². The number of anilines is 2. The lowest BCUT2D eigenvalue weighted by Crippen LogP contribution is -2.46. The number of methoxy groups -OCH3 is 1. The molecule has 0 spiro atoms. The molecule has 3 aromatic rings. The van der Waals surface area contributed by atoms with E-state index in [1.807, 2.05) is 29.2 Å². The van der Waals surface area contributed by atoms with Gasteiger partial charge >= 0.3 is 0 Å². The van der Waals surface area contributed by atoms with E-state index in [0.29, 0.717) is 81.8 Å². The number of carbonyl (C=O) groups is 3. The minimum Gasteiger partial charge on any atom is -0.497 e. The van der Waals surface area contributed by atoms with Crippen LogP contribution in [0.25, 0.3) is 0 Å². The van der Waals surface area contributed by atoms with Crippen LogP contribution in [0.5, 0.6) is 5.75 Å². The van der Waals surface area contributed by atoms with E-state index in [4.69, 9.17) is 4.74 Å². The Morgan fingerprint density at radius 1 is 0.814 bits per heavy atom. The fourth-order valence-electron chi connectivity index (χ4n) is 5.41. The summed E-state index contributed by atoms with van der Waals surface area (Å²) in [4.78, 5) is 45.2. The van der Waals surface area contributed by atoms with Gasteiger partial charge in [-0.3, -0.25) is 14.4 Å². The number of rotatable bonds is 7. The first-order valence-electron chi connectivity index (χ1n) is 14.4. The first-order valence-corrected chi connectivity index (χ1v) is 14.4. The number of amides is 3. The molecule has 0 radical (unpaired) electrons. The van der Waals surface area contributed by atoms with Crippen LogP contribution in [0.2, 0.25) is 0 Å². The van der Waals surface area contributed by atoms with Gasteiger partial charge < -0.3 is 30.1 Å². The predicted molar refractivity (Wildman–Crippen MR) is 160 cm³/mol. The number of nitrogens with zero attached hydrogens (tertiary/aromatic N) is 3. The summed E-state index contributed by atoms with van der Waals surface area (Å²) in [5, 5.41) is 6.01. The summed E-state index contributed by atoms with van der Waals surface area (Å²) in [6, 6.07) is 15.2. The van der Waals surface area contributed by atoms with Crippen molar-refractivity contribution >= 4 is 29.1 Å². The van der Waals surface area contributed by atoms with Gasteiger partial charge in [0.25, 0.3) is 11.8 Å². The zero-order valence-electron chi connectivity index (χ0n) is 24.1. The van der Waals surface area contributed by atoms with Gasteiger partial charge in [-0.05, 0) is 54.4 Å². The maximum Gasteiger partial charge on any atom is 0.255 e. The zero-order chi connectivity index (χ0) is 30.3. The Balaban J connectivity index is 1.35. The maximum absolute atomic E-state index is 13.9. The summed E-state index contributed by atoms with van der Waals surface area (Å²) >= 11 is 0. The van der Waals surface area contributed by atoms with Crippen molar-refractivity contribution in [2.45, 2.75) is 12.8 Å². The van der Waals surface area contributed by atoms with Crippen molar-refractivity contribution in [3.8, 4) is 5.75 Å². The first-order chi connectivity index (χ1) is 20.8. The van der Waals surface area contributed by atoms with Crippen LogP contribution in [-0.4, -0.2) is 87.0 Å². The Kier molecular flexibility index (Phi) is 9.51. The van der Waals surface area contributed by atoms with Crippen molar-refractivity contribution in [2.24, 2.45) is 0 Å². The van der Waals surface area contributed by atoms with Crippen LogP contribution in [0.4, 0.5) is 20.2 Å². The number of carbonyl (C=O) groups excluding carboxylic acids is 3. The molecule has 226 valence electrons. The summed E-state index contributed by atoms with van der Waals surface area (Å²) < 4.78 is 32.9. The van der Waals surface area contributed by atoms with Crippen LogP contribution in [0.1, 0.15) is 32.7 Å². The molecule has 3 amide bonds. The molecule has 43 heavy (non-hydrogen) atoms. The second kappa shape index (κ2) is 13.6. The van der Waals surface area contributed by atoms with E-state index < -0.39 is 17.5 Å². The highest BCUT2D eigenvalue weighted by Gasteiger charge is 2.24. The Morgan fingerprint density at radius 2 is 1.53 bits per heavy atom. The van der Waals surface area contributed by atoms with E-state index in [1.54, 1.807) is 30.2 Å². The topological polar surface area (TPSA) is 94.2 Å². The highest BCUT2D eigenvalue weighted by Crippen LogP contribution is 2.30. The maximum atomic E-state index is 13.9. The molecule has 0 unspecified atom stereocenters. The van der Waals surface area contributed by atoms with Gasteiger partial charge in [0.2, 0.25) is 5.91 Å². The average Bonchev–Trinajstić information content (AvgIpc) is 3.27. The molecule has 0 saturated carbocycles. The fraction of sp³-hybridized carbons (Fsp3) is 0.344. The molecule has 11 heteroatoms. The van der Waals surface area contributed by atoms with Crippen LogP contribution in [0.3, 0.4) is 0 Å². The quantitative estimate of drug-likeness (QED) is 0.437. The monoisotopic (exact) mass is 591 g/mol. The molecule has 3 aromatic carbocycles. The Labute approximate surface area is 249 Å². The van der Waals surface area contributed by atoms with Gasteiger partial charge in [-0.2, -0.15) is 0 Å². The smallest absolute Gasteiger partial charge is 0.255 e. The number of benzene rings is 3. The molecule has 2 saturated heterocycles. The van der Waals surface area contributed by atoms with Crippen LogP contribution >= 0.6 is 0 Å². The lowest BCUT2D eigenvalue weighted by molar-refractivity contribution is -0.130. The third-order valence-electron chi connectivity index (χ3n) is 7.72. The fourth-order valence-corrected chi connectivity index (χ4v) is 5.41. The molecular weight excluding hydrogens is 556 g/mol. The number of ether oxygens (including phenoxy) is 1. The highest BCUT2D eigenvalue weighted by molar-refractivity contribution is 6.07. The standard InChI is InChI=1S/C32H35F2N5O4/c1-43-27-6-3-22(4-7-27)17-30(40)38-12-2-11-37(15-16-38)29-8-5-23(32(42)39-13-9-35-10-14-39)20-28(29)36-31(41)24-18-25(33)21-26(34)19-24/h3-8,18-21,35H,2,9-17H2,1H3,(H,36,41). The van der Waals surface area contributed by atoms with Crippen molar-refractivity contribution in [2.75, 3.05) is 69.7 Å². The molecule has 2 N–H and O–H groups in total. The van der Waals surface area contributed by atoms with Crippen LogP contribution < -0.4 is 20.3 Å². The predicted octanol–water partition coefficient (Wildman–Crippen LogP) is 3.55. The minimum absolute atomic E-state index is 0.0191. The van der Waals surface area contributed by atoms with Gasteiger partial charge in [0, 0.05) is 69.6 Å². The Hall–Kier alpha value is -4.51. The number of nitrogens with one attached hydrogen (secondary N) is 2. The van der Waals surface area contributed by atoms with Gasteiger partial charge in [-0.15, -0.1) is 0 Å². The normalized spacial score (nSPS) is 15.6. The molecule has 5 rings (SSSR count). The summed E-state index contributed by atoms with van der Waals surface area (Å²) in [6.07, 6.45) is 0.969. The SMILES string of the molecule is COc1ccc(CC(=O)N2CCCN(c3ccc(C(=O)N4CCNCC4)cc3NC(=O)c3cc(F)cc(F)c3)CC2)cc1. The van der Waals surface area contributed by atoms with Crippen molar-refractivity contribution in [3.63, 3.8) is 0 Å². The van der Waals surface area contributed by atoms with E-state index >= 15 is 0 Å².